The molecule has 38 heavy (non-hydrogen) atoms. The van der Waals surface area contributed by atoms with E-state index in [1.807, 2.05) is 50.2 Å². The van der Waals surface area contributed by atoms with E-state index in [1.54, 1.807) is 0 Å². The smallest absolute Gasteiger partial charge is 0.328 e. The number of carbonyl (C=O) groups excluding carboxylic acids is 1. The van der Waals surface area contributed by atoms with E-state index < -0.39 is 11.9 Å². The van der Waals surface area contributed by atoms with Gasteiger partial charge in [0, 0.05) is 35.7 Å². The summed E-state index contributed by atoms with van der Waals surface area (Å²) in [5, 5.41) is 25.3. The van der Waals surface area contributed by atoms with Gasteiger partial charge in [-0.2, -0.15) is 0 Å². The van der Waals surface area contributed by atoms with Gasteiger partial charge in [-0.25, -0.2) is 9.59 Å². The minimum atomic E-state index is -1.26. The number of carboxylic acid groups (broad SMARTS) is 2. The van der Waals surface area contributed by atoms with Crippen molar-refractivity contribution in [3.05, 3.63) is 77.4 Å². The third-order valence-electron chi connectivity index (χ3n) is 5.89. The number of aliphatic carboxylic acids is 2. The second-order valence-corrected chi connectivity index (χ2v) is 9.79. The van der Waals surface area contributed by atoms with Crippen molar-refractivity contribution in [1.82, 2.24) is 4.90 Å². The standard InChI is InChI=1S/C26H37NO3.C4H4O4/c1-18(2)26(29)30-25-13-12-21(17-28)16-24(25)23(22-10-8-7-9-11-22)14-15-27(19(3)4)20(5)6;5-3(6)1-2-4(7)8/h7-13,16,18-20,23,28H,14-15,17H2,1-6H3;1-2H,(H,5,6)(H,7,8). The number of aliphatic hydroxyl groups is 1. The molecule has 0 aliphatic heterocycles. The number of benzene rings is 2. The largest absolute Gasteiger partial charge is 0.478 e. The van der Waals surface area contributed by atoms with E-state index >= 15 is 0 Å². The van der Waals surface area contributed by atoms with Gasteiger partial charge in [-0.3, -0.25) is 9.69 Å². The summed E-state index contributed by atoms with van der Waals surface area (Å²) in [6, 6.07) is 16.9. The molecule has 0 amide bonds. The normalized spacial score (nSPS) is 12.1. The Balaban J connectivity index is 0.000000781. The van der Waals surface area contributed by atoms with Gasteiger partial charge in [0.1, 0.15) is 5.75 Å². The molecule has 208 valence electrons. The molecular weight excluding hydrogens is 486 g/mol. The van der Waals surface area contributed by atoms with E-state index in [2.05, 4.69) is 44.7 Å². The van der Waals surface area contributed by atoms with E-state index in [9.17, 15) is 19.5 Å². The van der Waals surface area contributed by atoms with Crippen LogP contribution in [0.3, 0.4) is 0 Å². The number of hydrogen-bond acceptors (Lipinski definition) is 6. The molecular formula is C30H41NO7. The van der Waals surface area contributed by atoms with Gasteiger partial charge < -0.3 is 20.1 Å². The Morgan fingerprint density at radius 1 is 0.868 bits per heavy atom. The van der Waals surface area contributed by atoms with Crippen LogP contribution in [0.5, 0.6) is 5.75 Å². The number of carboxylic acids is 2. The molecule has 8 nitrogen and oxygen atoms in total. The predicted molar refractivity (Wildman–Crippen MR) is 147 cm³/mol. The van der Waals surface area contributed by atoms with Crippen LogP contribution in [-0.2, 0) is 21.0 Å². The fourth-order valence-electron chi connectivity index (χ4n) is 4.01. The van der Waals surface area contributed by atoms with Gasteiger partial charge in [0.05, 0.1) is 12.5 Å². The molecule has 0 aliphatic rings. The molecule has 0 aliphatic carbocycles. The molecule has 2 aromatic rings. The van der Waals surface area contributed by atoms with Crippen molar-refractivity contribution >= 4 is 17.9 Å². The summed E-state index contributed by atoms with van der Waals surface area (Å²) in [7, 11) is 0. The Morgan fingerprint density at radius 3 is 1.87 bits per heavy atom. The molecule has 0 heterocycles. The second-order valence-electron chi connectivity index (χ2n) is 9.79. The summed E-state index contributed by atoms with van der Waals surface area (Å²) in [5.41, 5.74) is 2.95. The van der Waals surface area contributed by atoms with Gasteiger partial charge in [-0.1, -0.05) is 50.2 Å². The van der Waals surface area contributed by atoms with Crippen LogP contribution in [0.4, 0.5) is 0 Å². The molecule has 2 aromatic carbocycles. The average Bonchev–Trinajstić information content (AvgIpc) is 2.86. The zero-order valence-electron chi connectivity index (χ0n) is 23.1. The van der Waals surface area contributed by atoms with Crippen LogP contribution in [-0.4, -0.2) is 56.8 Å². The van der Waals surface area contributed by atoms with E-state index in [-0.39, 0.29) is 24.4 Å². The zero-order chi connectivity index (χ0) is 28.8. The van der Waals surface area contributed by atoms with Crippen molar-refractivity contribution in [3.8, 4) is 5.75 Å². The summed E-state index contributed by atoms with van der Waals surface area (Å²) in [6.45, 7) is 13.4. The Kier molecular flexibility index (Phi) is 14.0. The molecule has 0 saturated carbocycles. The fourth-order valence-corrected chi connectivity index (χ4v) is 4.01. The fraction of sp³-hybridized carbons (Fsp3) is 0.433. The lowest BCUT2D eigenvalue weighted by molar-refractivity contribution is -0.138. The molecule has 0 spiro atoms. The van der Waals surface area contributed by atoms with Gasteiger partial charge in [0.25, 0.3) is 0 Å². The molecule has 3 N–H and O–H groups in total. The van der Waals surface area contributed by atoms with Gasteiger partial charge in [0.15, 0.2) is 0 Å². The maximum absolute atomic E-state index is 12.3. The van der Waals surface area contributed by atoms with Gasteiger partial charge in [-0.05, 0) is 63.9 Å². The highest BCUT2D eigenvalue weighted by atomic mass is 16.5. The Morgan fingerprint density at radius 2 is 1.42 bits per heavy atom. The van der Waals surface area contributed by atoms with Crippen molar-refractivity contribution in [3.63, 3.8) is 0 Å². The molecule has 1 atom stereocenters. The van der Waals surface area contributed by atoms with Crippen LogP contribution >= 0.6 is 0 Å². The summed E-state index contributed by atoms with van der Waals surface area (Å²) in [6.07, 6.45) is 2.01. The van der Waals surface area contributed by atoms with Crippen LogP contribution < -0.4 is 4.74 Å². The van der Waals surface area contributed by atoms with E-state index in [1.165, 1.54) is 5.56 Å². The zero-order valence-corrected chi connectivity index (χ0v) is 23.1. The molecule has 0 radical (unpaired) electrons. The van der Waals surface area contributed by atoms with Crippen molar-refractivity contribution in [2.45, 2.75) is 72.6 Å². The molecule has 0 saturated heterocycles. The summed E-state index contributed by atoms with van der Waals surface area (Å²) < 4.78 is 5.78. The van der Waals surface area contributed by atoms with Gasteiger partial charge in [-0.15, -0.1) is 0 Å². The minimum Gasteiger partial charge on any atom is -0.478 e. The second kappa shape index (κ2) is 16.4. The van der Waals surface area contributed by atoms with Crippen molar-refractivity contribution in [2.75, 3.05) is 6.54 Å². The number of nitrogens with zero attached hydrogens (tertiary/aromatic N) is 1. The maximum atomic E-state index is 12.3. The number of ether oxygens (including phenoxy) is 1. The lowest BCUT2D eigenvalue weighted by Gasteiger charge is -2.32. The molecule has 0 bridgehead atoms. The van der Waals surface area contributed by atoms with Crippen LogP contribution in [0.15, 0.2) is 60.7 Å². The third kappa shape index (κ3) is 11.3. The third-order valence-corrected chi connectivity index (χ3v) is 5.89. The maximum Gasteiger partial charge on any atom is 0.328 e. The first-order chi connectivity index (χ1) is 17.9. The summed E-state index contributed by atoms with van der Waals surface area (Å²) in [4.78, 5) is 33.9. The Labute approximate surface area is 225 Å². The SMILES string of the molecule is CC(C)C(=O)Oc1ccc(CO)cc1C(CCN(C(C)C)C(C)C)c1ccccc1.O=C(O)C=CC(=O)O. The minimum absolute atomic E-state index is 0.0446. The van der Waals surface area contributed by atoms with Crippen molar-refractivity contribution in [1.29, 1.82) is 0 Å². The van der Waals surface area contributed by atoms with Crippen molar-refractivity contribution in [2.24, 2.45) is 5.92 Å². The first-order valence-electron chi connectivity index (χ1n) is 12.8. The van der Waals surface area contributed by atoms with Crippen LogP contribution in [0.1, 0.15) is 70.6 Å². The topological polar surface area (TPSA) is 124 Å². The van der Waals surface area contributed by atoms with E-state index in [4.69, 9.17) is 14.9 Å². The monoisotopic (exact) mass is 527 g/mol. The lowest BCUT2D eigenvalue weighted by atomic mass is 9.86. The highest BCUT2D eigenvalue weighted by molar-refractivity contribution is 5.89. The number of rotatable bonds is 12. The number of carbonyl (C=O) groups is 3. The summed E-state index contributed by atoms with van der Waals surface area (Å²) >= 11 is 0. The first-order valence-corrected chi connectivity index (χ1v) is 12.8. The number of aliphatic hydroxyl groups excluding tert-OH is 1. The quantitative estimate of drug-likeness (QED) is 0.198. The average molecular weight is 528 g/mol. The van der Waals surface area contributed by atoms with Crippen LogP contribution in [0.2, 0.25) is 0 Å². The van der Waals surface area contributed by atoms with Crippen LogP contribution in [0.25, 0.3) is 0 Å². The molecule has 2 rings (SSSR count). The van der Waals surface area contributed by atoms with Crippen LogP contribution in [0, 0.1) is 5.92 Å². The molecule has 0 fully saturated rings. The summed E-state index contributed by atoms with van der Waals surface area (Å²) in [5.74, 6) is -2.32. The number of esters is 1. The Hall–Kier alpha value is -3.49. The van der Waals surface area contributed by atoms with Gasteiger partial charge >= 0.3 is 17.9 Å². The van der Waals surface area contributed by atoms with Gasteiger partial charge in [0.2, 0.25) is 0 Å². The van der Waals surface area contributed by atoms with Crippen molar-refractivity contribution < 1.29 is 34.4 Å². The molecule has 0 aromatic heterocycles. The highest BCUT2D eigenvalue weighted by Gasteiger charge is 2.23. The van der Waals surface area contributed by atoms with E-state index in [0.717, 1.165) is 24.1 Å². The molecule has 8 heteroatoms. The molecule has 1 unspecified atom stereocenters. The first kappa shape index (κ1) is 32.5. The highest BCUT2D eigenvalue weighted by Crippen LogP contribution is 2.36. The predicted octanol–water partition coefficient (Wildman–Crippen LogP) is 5.09. The Bertz CT molecular complexity index is 1040. The lowest BCUT2D eigenvalue weighted by Crippen LogP contribution is -2.38. The number of hydrogen-bond donors (Lipinski definition) is 3. The van der Waals surface area contributed by atoms with E-state index in [0.29, 0.717) is 30.0 Å².